The molecule has 2 aliphatic rings. The highest BCUT2D eigenvalue weighted by atomic mass is 16.5. The van der Waals surface area contributed by atoms with Crippen molar-refractivity contribution in [1.29, 1.82) is 0 Å². The topological polar surface area (TPSA) is 46.6 Å². The second-order valence-electron chi connectivity index (χ2n) is 5.22. The number of amides is 1. The summed E-state index contributed by atoms with van der Waals surface area (Å²) in [4.78, 5) is 25.8. The van der Waals surface area contributed by atoms with E-state index in [4.69, 9.17) is 4.74 Å². The first kappa shape index (κ1) is 12.9. The molecule has 2 aliphatic heterocycles. The third-order valence-corrected chi connectivity index (χ3v) is 3.92. The fourth-order valence-electron chi connectivity index (χ4n) is 2.92. The van der Waals surface area contributed by atoms with Crippen molar-refractivity contribution in [3.8, 4) is 0 Å². The van der Waals surface area contributed by atoms with Crippen LogP contribution in [0.1, 0.15) is 24.8 Å². The van der Waals surface area contributed by atoms with Gasteiger partial charge in [-0.15, -0.1) is 0 Å². The molecule has 1 aromatic rings. The molecule has 4 nitrogen and oxygen atoms in total. The minimum atomic E-state index is -0.416. The van der Waals surface area contributed by atoms with E-state index in [1.807, 2.05) is 36.4 Å². The molecule has 0 unspecified atom stereocenters. The Morgan fingerprint density at radius 2 is 2.05 bits per heavy atom. The largest absolute Gasteiger partial charge is 0.459 e. The SMILES string of the molecule is O=C(OCc1ccccc1)[C@@H]1CC[C@H]2CC=CC(=O)N21. The Bertz CT molecular complexity index is 538. The molecule has 0 N–H and O–H groups in total. The average molecular weight is 271 g/mol. The van der Waals surface area contributed by atoms with Crippen LogP contribution < -0.4 is 0 Å². The van der Waals surface area contributed by atoms with Gasteiger partial charge >= 0.3 is 5.97 Å². The minimum Gasteiger partial charge on any atom is -0.459 e. The average Bonchev–Trinajstić information content (AvgIpc) is 2.91. The van der Waals surface area contributed by atoms with Crippen LogP contribution in [0.3, 0.4) is 0 Å². The minimum absolute atomic E-state index is 0.0691. The number of fused-ring (bicyclic) bond motifs is 1. The van der Waals surface area contributed by atoms with E-state index in [2.05, 4.69) is 0 Å². The Morgan fingerprint density at radius 1 is 1.25 bits per heavy atom. The summed E-state index contributed by atoms with van der Waals surface area (Å²) in [5.41, 5.74) is 0.959. The van der Waals surface area contributed by atoms with Gasteiger partial charge in [0.1, 0.15) is 12.6 Å². The van der Waals surface area contributed by atoms with E-state index in [-0.39, 0.29) is 24.5 Å². The molecule has 104 valence electrons. The second kappa shape index (κ2) is 5.49. The quantitative estimate of drug-likeness (QED) is 0.790. The highest BCUT2D eigenvalue weighted by Crippen LogP contribution is 2.30. The normalized spacial score (nSPS) is 24.6. The van der Waals surface area contributed by atoms with Crippen molar-refractivity contribution < 1.29 is 14.3 Å². The van der Waals surface area contributed by atoms with Crippen molar-refractivity contribution in [2.75, 3.05) is 0 Å². The molecule has 0 spiro atoms. The third kappa shape index (κ3) is 2.46. The van der Waals surface area contributed by atoms with Gasteiger partial charge in [0, 0.05) is 6.04 Å². The van der Waals surface area contributed by atoms with Crippen LogP contribution in [0.2, 0.25) is 0 Å². The van der Waals surface area contributed by atoms with Crippen LogP contribution in [0.4, 0.5) is 0 Å². The molecule has 4 heteroatoms. The molecule has 0 bridgehead atoms. The first-order valence-corrected chi connectivity index (χ1v) is 6.95. The summed E-state index contributed by atoms with van der Waals surface area (Å²) >= 11 is 0. The van der Waals surface area contributed by atoms with Gasteiger partial charge in [0.2, 0.25) is 5.91 Å². The summed E-state index contributed by atoms with van der Waals surface area (Å²) in [7, 11) is 0. The molecule has 0 aromatic heterocycles. The van der Waals surface area contributed by atoms with Crippen LogP contribution in [-0.2, 0) is 20.9 Å². The van der Waals surface area contributed by atoms with E-state index < -0.39 is 6.04 Å². The Kier molecular flexibility index (Phi) is 3.54. The molecule has 3 rings (SSSR count). The molecule has 1 fully saturated rings. The molecule has 1 aromatic carbocycles. The number of carbonyl (C=O) groups excluding carboxylic acids is 2. The van der Waals surface area contributed by atoms with Crippen molar-refractivity contribution in [1.82, 2.24) is 4.90 Å². The van der Waals surface area contributed by atoms with Crippen LogP contribution >= 0.6 is 0 Å². The highest BCUT2D eigenvalue weighted by molar-refractivity contribution is 5.93. The maximum absolute atomic E-state index is 12.2. The summed E-state index contributed by atoms with van der Waals surface area (Å²) in [6.45, 7) is 0.263. The number of benzene rings is 1. The summed E-state index contributed by atoms with van der Waals surface area (Å²) in [6.07, 6.45) is 5.86. The van der Waals surface area contributed by atoms with Gasteiger partial charge in [0.25, 0.3) is 0 Å². The van der Waals surface area contributed by atoms with Crippen molar-refractivity contribution in [3.63, 3.8) is 0 Å². The number of esters is 1. The van der Waals surface area contributed by atoms with Crippen LogP contribution in [0.15, 0.2) is 42.5 Å². The van der Waals surface area contributed by atoms with Gasteiger partial charge in [-0.2, -0.15) is 0 Å². The van der Waals surface area contributed by atoms with Gasteiger partial charge in [0.15, 0.2) is 0 Å². The molecular weight excluding hydrogens is 254 g/mol. The molecule has 2 atom stereocenters. The van der Waals surface area contributed by atoms with Crippen LogP contribution in [0.5, 0.6) is 0 Å². The van der Waals surface area contributed by atoms with Crippen LogP contribution in [-0.4, -0.2) is 28.9 Å². The smallest absolute Gasteiger partial charge is 0.329 e. The van der Waals surface area contributed by atoms with Crippen LogP contribution in [0.25, 0.3) is 0 Å². The maximum Gasteiger partial charge on any atom is 0.329 e. The van der Waals surface area contributed by atoms with Crippen molar-refractivity contribution in [2.45, 2.75) is 38.0 Å². The van der Waals surface area contributed by atoms with E-state index in [1.54, 1.807) is 11.0 Å². The predicted octanol–water partition coefficient (Wildman–Crippen LogP) is 2.05. The summed E-state index contributed by atoms with van der Waals surface area (Å²) in [5.74, 6) is -0.361. The molecule has 2 heterocycles. The first-order valence-electron chi connectivity index (χ1n) is 6.95. The Balaban J connectivity index is 1.63. The van der Waals surface area contributed by atoms with Gasteiger partial charge in [0.05, 0.1) is 0 Å². The number of hydrogen-bond acceptors (Lipinski definition) is 3. The van der Waals surface area contributed by atoms with Gasteiger partial charge in [-0.1, -0.05) is 36.4 Å². The molecular formula is C16H17NO3. The highest BCUT2D eigenvalue weighted by Gasteiger charge is 2.41. The van der Waals surface area contributed by atoms with Crippen molar-refractivity contribution in [3.05, 3.63) is 48.0 Å². The lowest BCUT2D eigenvalue weighted by Crippen LogP contribution is -2.46. The van der Waals surface area contributed by atoms with E-state index in [0.29, 0.717) is 6.42 Å². The van der Waals surface area contributed by atoms with Crippen molar-refractivity contribution in [2.24, 2.45) is 0 Å². The number of rotatable bonds is 3. The van der Waals surface area contributed by atoms with Crippen LogP contribution in [0, 0.1) is 0 Å². The molecule has 0 radical (unpaired) electrons. The number of carbonyl (C=O) groups is 2. The third-order valence-electron chi connectivity index (χ3n) is 3.92. The number of hydrogen-bond donors (Lipinski definition) is 0. The Hall–Kier alpha value is -2.10. The van der Waals surface area contributed by atoms with Gasteiger partial charge in [-0.05, 0) is 30.9 Å². The molecule has 1 amide bonds. The van der Waals surface area contributed by atoms with Gasteiger partial charge in [-0.3, -0.25) is 4.79 Å². The van der Waals surface area contributed by atoms with E-state index in [0.717, 1.165) is 18.4 Å². The fourth-order valence-corrected chi connectivity index (χ4v) is 2.92. The Morgan fingerprint density at radius 3 is 2.85 bits per heavy atom. The standard InChI is InChI=1S/C16H17NO3/c18-15-8-4-7-13-9-10-14(17(13)15)16(19)20-11-12-5-2-1-3-6-12/h1-6,8,13-14H,7,9-11H2/t13-,14+/m1/s1. The number of nitrogens with zero attached hydrogens (tertiary/aromatic N) is 1. The first-order chi connectivity index (χ1) is 9.75. The predicted molar refractivity (Wildman–Crippen MR) is 73.7 cm³/mol. The van der Waals surface area contributed by atoms with E-state index in [1.165, 1.54) is 0 Å². The maximum atomic E-state index is 12.2. The second-order valence-corrected chi connectivity index (χ2v) is 5.22. The van der Waals surface area contributed by atoms with E-state index in [9.17, 15) is 9.59 Å². The molecule has 0 aliphatic carbocycles. The lowest BCUT2D eigenvalue weighted by molar-refractivity contribution is -0.154. The molecule has 1 saturated heterocycles. The zero-order valence-electron chi connectivity index (χ0n) is 11.2. The summed E-state index contributed by atoms with van der Waals surface area (Å²) in [5, 5.41) is 0. The monoisotopic (exact) mass is 271 g/mol. The molecule has 0 saturated carbocycles. The van der Waals surface area contributed by atoms with E-state index >= 15 is 0 Å². The van der Waals surface area contributed by atoms with Gasteiger partial charge < -0.3 is 9.64 Å². The Labute approximate surface area is 118 Å². The summed E-state index contributed by atoms with van der Waals surface area (Å²) in [6, 6.07) is 9.33. The summed E-state index contributed by atoms with van der Waals surface area (Å²) < 4.78 is 5.35. The zero-order valence-corrected chi connectivity index (χ0v) is 11.2. The fraction of sp³-hybridized carbons (Fsp3) is 0.375. The number of ether oxygens (including phenoxy) is 1. The zero-order chi connectivity index (χ0) is 13.9. The van der Waals surface area contributed by atoms with Gasteiger partial charge in [-0.25, -0.2) is 4.79 Å². The molecule has 20 heavy (non-hydrogen) atoms. The van der Waals surface area contributed by atoms with Crippen molar-refractivity contribution >= 4 is 11.9 Å². The lowest BCUT2D eigenvalue weighted by Gasteiger charge is -2.30. The lowest BCUT2D eigenvalue weighted by atomic mass is 10.1.